The van der Waals surface area contributed by atoms with Crippen molar-refractivity contribution in [1.82, 2.24) is 14.9 Å². The minimum atomic E-state index is -0.181. The molecular formula is C15H18N4O2S. The van der Waals surface area contributed by atoms with Crippen LogP contribution in [0.2, 0.25) is 0 Å². The van der Waals surface area contributed by atoms with E-state index in [-0.39, 0.29) is 5.12 Å². The molecule has 1 aliphatic heterocycles. The fourth-order valence-electron chi connectivity index (χ4n) is 2.30. The molecular weight excluding hydrogens is 300 g/mol. The molecule has 1 aliphatic rings. The molecule has 0 bridgehead atoms. The molecule has 116 valence electrons. The Balaban J connectivity index is 1.76. The average Bonchev–Trinajstić information content (AvgIpc) is 3.01. The number of likely N-dealkylation sites (N-methyl/N-ethyl adjacent to an activating group) is 1. The van der Waals surface area contributed by atoms with Gasteiger partial charge in [-0.2, -0.15) is 0 Å². The van der Waals surface area contributed by atoms with Crippen molar-refractivity contribution in [2.24, 2.45) is 0 Å². The van der Waals surface area contributed by atoms with Crippen LogP contribution in [0.15, 0.2) is 34.0 Å². The Bertz CT molecular complexity index is 652. The summed E-state index contributed by atoms with van der Waals surface area (Å²) in [6.07, 6.45) is 1.49. The van der Waals surface area contributed by atoms with Crippen LogP contribution in [-0.2, 0) is 0 Å². The van der Waals surface area contributed by atoms with E-state index in [0.29, 0.717) is 10.9 Å². The maximum Gasteiger partial charge on any atom is 0.262 e. The van der Waals surface area contributed by atoms with E-state index in [4.69, 9.17) is 4.42 Å². The number of aryl methyl sites for hydroxylation is 1. The standard InChI is InChI=1S/C15H18N4O2S/c1-11-10-13(19-7-5-18(2)6-8-19)17-15(16-11)22-14(20)12-4-3-9-21-12/h3-4,9-10H,5-8H2,1-2H3. The van der Waals surface area contributed by atoms with Gasteiger partial charge >= 0.3 is 0 Å². The van der Waals surface area contributed by atoms with Crippen molar-refractivity contribution in [3.63, 3.8) is 0 Å². The summed E-state index contributed by atoms with van der Waals surface area (Å²) in [5.74, 6) is 1.20. The van der Waals surface area contributed by atoms with Crippen LogP contribution in [0.1, 0.15) is 16.2 Å². The van der Waals surface area contributed by atoms with Gasteiger partial charge in [-0.05, 0) is 37.9 Å². The maximum absolute atomic E-state index is 12.1. The largest absolute Gasteiger partial charge is 0.460 e. The van der Waals surface area contributed by atoms with Gasteiger partial charge < -0.3 is 14.2 Å². The van der Waals surface area contributed by atoms with Crippen LogP contribution in [0.3, 0.4) is 0 Å². The smallest absolute Gasteiger partial charge is 0.262 e. The van der Waals surface area contributed by atoms with E-state index in [0.717, 1.165) is 49.5 Å². The third-order valence-electron chi connectivity index (χ3n) is 3.55. The fraction of sp³-hybridized carbons (Fsp3) is 0.400. The number of anilines is 1. The Morgan fingerprint density at radius 3 is 2.73 bits per heavy atom. The highest BCUT2D eigenvalue weighted by molar-refractivity contribution is 8.14. The number of furan rings is 1. The zero-order valence-corrected chi connectivity index (χ0v) is 13.5. The second-order valence-electron chi connectivity index (χ2n) is 5.31. The van der Waals surface area contributed by atoms with Crippen molar-refractivity contribution in [2.45, 2.75) is 12.1 Å². The van der Waals surface area contributed by atoms with Crippen molar-refractivity contribution >= 4 is 22.7 Å². The zero-order chi connectivity index (χ0) is 15.5. The molecule has 0 unspecified atom stereocenters. The van der Waals surface area contributed by atoms with E-state index in [1.54, 1.807) is 12.1 Å². The number of hydrogen-bond acceptors (Lipinski definition) is 7. The SMILES string of the molecule is Cc1cc(N2CCN(C)CC2)nc(SC(=O)c2ccco2)n1. The quantitative estimate of drug-likeness (QED) is 0.634. The normalized spacial score (nSPS) is 16.0. The van der Waals surface area contributed by atoms with E-state index in [1.165, 1.54) is 6.26 Å². The van der Waals surface area contributed by atoms with Crippen LogP contribution in [0, 0.1) is 6.92 Å². The molecule has 22 heavy (non-hydrogen) atoms. The van der Waals surface area contributed by atoms with Gasteiger partial charge in [0.1, 0.15) is 5.82 Å². The Labute approximate surface area is 133 Å². The Morgan fingerprint density at radius 1 is 1.27 bits per heavy atom. The van der Waals surface area contributed by atoms with Crippen molar-refractivity contribution in [3.8, 4) is 0 Å². The van der Waals surface area contributed by atoms with E-state index < -0.39 is 0 Å². The molecule has 0 aromatic carbocycles. The minimum Gasteiger partial charge on any atom is -0.460 e. The number of carbonyl (C=O) groups excluding carboxylic acids is 1. The van der Waals surface area contributed by atoms with Gasteiger partial charge in [0, 0.05) is 37.9 Å². The first-order chi connectivity index (χ1) is 10.6. The van der Waals surface area contributed by atoms with Crippen LogP contribution in [0.5, 0.6) is 0 Å². The van der Waals surface area contributed by atoms with Crippen molar-refractivity contribution < 1.29 is 9.21 Å². The molecule has 0 radical (unpaired) electrons. The molecule has 2 aromatic heterocycles. The number of hydrogen-bond donors (Lipinski definition) is 0. The number of piperazine rings is 1. The van der Waals surface area contributed by atoms with E-state index in [2.05, 4.69) is 26.8 Å². The summed E-state index contributed by atoms with van der Waals surface area (Å²) in [7, 11) is 2.12. The molecule has 3 rings (SSSR count). The fourth-order valence-corrected chi connectivity index (χ4v) is 3.01. The summed E-state index contributed by atoms with van der Waals surface area (Å²) >= 11 is 1.00. The number of nitrogens with zero attached hydrogens (tertiary/aromatic N) is 4. The highest BCUT2D eigenvalue weighted by atomic mass is 32.2. The first-order valence-corrected chi connectivity index (χ1v) is 7.98. The second kappa shape index (κ2) is 6.50. The molecule has 3 heterocycles. The predicted molar refractivity (Wildman–Crippen MR) is 85.4 cm³/mol. The number of thioether (sulfide) groups is 1. The summed E-state index contributed by atoms with van der Waals surface area (Å²) in [6.45, 7) is 5.81. The first kappa shape index (κ1) is 15.1. The lowest BCUT2D eigenvalue weighted by molar-refractivity contribution is 0.106. The minimum absolute atomic E-state index is 0.181. The van der Waals surface area contributed by atoms with Crippen LogP contribution in [0.25, 0.3) is 0 Å². The first-order valence-electron chi connectivity index (χ1n) is 7.17. The molecule has 2 aromatic rings. The molecule has 7 heteroatoms. The van der Waals surface area contributed by atoms with Gasteiger partial charge in [-0.3, -0.25) is 4.79 Å². The summed E-state index contributed by atoms with van der Waals surface area (Å²) < 4.78 is 5.11. The maximum atomic E-state index is 12.1. The van der Waals surface area contributed by atoms with Crippen LogP contribution >= 0.6 is 11.8 Å². The van der Waals surface area contributed by atoms with Crippen LogP contribution < -0.4 is 4.90 Å². The molecule has 6 nitrogen and oxygen atoms in total. The van der Waals surface area contributed by atoms with E-state index in [1.807, 2.05) is 13.0 Å². The average molecular weight is 318 g/mol. The number of carbonyl (C=O) groups is 1. The molecule has 0 amide bonds. The van der Waals surface area contributed by atoms with Gasteiger partial charge in [0.2, 0.25) is 0 Å². The van der Waals surface area contributed by atoms with Crippen LogP contribution in [0.4, 0.5) is 5.82 Å². The lowest BCUT2D eigenvalue weighted by Gasteiger charge is -2.33. The summed E-state index contributed by atoms with van der Waals surface area (Å²) in [5.41, 5.74) is 0.860. The number of aromatic nitrogens is 2. The Morgan fingerprint density at radius 2 is 2.05 bits per heavy atom. The van der Waals surface area contributed by atoms with Gasteiger partial charge in [-0.15, -0.1) is 0 Å². The molecule has 0 spiro atoms. The molecule has 1 fully saturated rings. The Kier molecular flexibility index (Phi) is 4.44. The van der Waals surface area contributed by atoms with Gasteiger partial charge in [-0.1, -0.05) is 0 Å². The Hall–Kier alpha value is -1.86. The predicted octanol–water partition coefficient (Wildman–Crippen LogP) is 2.06. The lowest BCUT2D eigenvalue weighted by Crippen LogP contribution is -2.44. The summed E-state index contributed by atoms with van der Waals surface area (Å²) in [5, 5.41) is 0.287. The summed E-state index contributed by atoms with van der Waals surface area (Å²) in [6, 6.07) is 5.31. The lowest BCUT2D eigenvalue weighted by atomic mass is 10.3. The topological polar surface area (TPSA) is 62.5 Å². The van der Waals surface area contributed by atoms with E-state index in [9.17, 15) is 4.79 Å². The highest BCUT2D eigenvalue weighted by Gasteiger charge is 2.18. The highest BCUT2D eigenvalue weighted by Crippen LogP contribution is 2.23. The van der Waals surface area contributed by atoms with Gasteiger partial charge in [-0.25, -0.2) is 9.97 Å². The van der Waals surface area contributed by atoms with Gasteiger partial charge in [0.25, 0.3) is 5.12 Å². The second-order valence-corrected chi connectivity index (χ2v) is 6.25. The molecule has 1 saturated heterocycles. The molecule has 0 aliphatic carbocycles. The molecule has 0 atom stereocenters. The van der Waals surface area contributed by atoms with Crippen molar-refractivity contribution in [1.29, 1.82) is 0 Å². The van der Waals surface area contributed by atoms with Gasteiger partial charge in [0.15, 0.2) is 10.9 Å². The summed E-state index contributed by atoms with van der Waals surface area (Å²) in [4.78, 5) is 25.5. The van der Waals surface area contributed by atoms with Crippen LogP contribution in [-0.4, -0.2) is 53.2 Å². The van der Waals surface area contributed by atoms with E-state index >= 15 is 0 Å². The molecule has 0 saturated carbocycles. The molecule has 0 N–H and O–H groups in total. The number of rotatable bonds is 3. The third-order valence-corrected chi connectivity index (χ3v) is 4.31. The van der Waals surface area contributed by atoms with Gasteiger partial charge in [0.05, 0.1) is 6.26 Å². The van der Waals surface area contributed by atoms with Crippen molar-refractivity contribution in [3.05, 3.63) is 35.9 Å². The van der Waals surface area contributed by atoms with Crippen molar-refractivity contribution in [2.75, 3.05) is 38.1 Å². The zero-order valence-electron chi connectivity index (χ0n) is 12.7. The monoisotopic (exact) mass is 318 g/mol. The third kappa shape index (κ3) is 3.48.